The number of ether oxygens (including phenoxy) is 2. The number of hydrogen-bond donors (Lipinski definition) is 1. The molecule has 1 aromatic carbocycles. The number of piperidine rings is 1. The summed E-state index contributed by atoms with van der Waals surface area (Å²) < 4.78 is 16.2. The molecule has 2 aromatic rings. The van der Waals surface area contributed by atoms with E-state index in [1.54, 1.807) is 13.4 Å². The molecule has 7 heteroatoms. The van der Waals surface area contributed by atoms with E-state index in [9.17, 15) is 4.79 Å². The number of aromatic nitrogens is 1. The van der Waals surface area contributed by atoms with Gasteiger partial charge in [0.15, 0.2) is 0 Å². The van der Waals surface area contributed by atoms with E-state index in [0.29, 0.717) is 19.0 Å². The number of nitrogens with zero attached hydrogens (tertiary/aromatic N) is 2. The molecule has 158 valence electrons. The lowest BCUT2D eigenvalue weighted by molar-refractivity contribution is 0.0491. The number of carbonyl (C=O) groups is 1. The van der Waals surface area contributed by atoms with E-state index < -0.39 is 5.60 Å². The summed E-state index contributed by atoms with van der Waals surface area (Å²) in [7, 11) is 1.64. The van der Waals surface area contributed by atoms with Crippen LogP contribution in [0.15, 0.2) is 34.9 Å². The van der Waals surface area contributed by atoms with Gasteiger partial charge < -0.3 is 19.2 Å². The van der Waals surface area contributed by atoms with Crippen molar-refractivity contribution in [1.29, 1.82) is 0 Å². The zero-order valence-electron chi connectivity index (χ0n) is 17.7. The fraction of sp³-hybridized carbons (Fsp3) is 0.545. The van der Waals surface area contributed by atoms with E-state index in [-0.39, 0.29) is 12.1 Å². The summed E-state index contributed by atoms with van der Waals surface area (Å²) in [5.74, 6) is 1.40. The largest absolute Gasteiger partial charge is 0.497 e. The fourth-order valence-corrected chi connectivity index (χ4v) is 3.47. The Kier molecular flexibility index (Phi) is 6.79. The minimum atomic E-state index is -0.491. The lowest BCUT2D eigenvalue weighted by atomic mass is 10.0. The number of amides is 1. The Morgan fingerprint density at radius 2 is 2.03 bits per heavy atom. The van der Waals surface area contributed by atoms with Gasteiger partial charge in [-0.15, -0.1) is 0 Å². The van der Waals surface area contributed by atoms with Gasteiger partial charge in [-0.2, -0.15) is 0 Å². The average molecular weight is 402 g/mol. The predicted octanol–water partition coefficient (Wildman–Crippen LogP) is 4.23. The summed E-state index contributed by atoms with van der Waals surface area (Å²) in [6.07, 6.45) is 4.69. The first kappa shape index (κ1) is 21.2. The molecule has 1 N–H and O–H groups in total. The quantitative estimate of drug-likeness (QED) is 0.781. The maximum Gasteiger partial charge on any atom is 0.407 e. The van der Waals surface area contributed by atoms with Crippen LogP contribution in [0.3, 0.4) is 0 Å². The van der Waals surface area contributed by atoms with Gasteiger partial charge in [-0.1, -0.05) is 6.42 Å². The van der Waals surface area contributed by atoms with Crippen LogP contribution in [0.5, 0.6) is 5.75 Å². The van der Waals surface area contributed by atoms with Gasteiger partial charge in [0.25, 0.3) is 0 Å². The molecule has 0 radical (unpaired) electrons. The number of hydrogen-bond acceptors (Lipinski definition) is 6. The number of alkyl carbamates (subject to hydrolysis) is 1. The molecule has 7 nitrogen and oxygen atoms in total. The highest BCUT2D eigenvalue weighted by Crippen LogP contribution is 2.24. The Hall–Kier alpha value is -2.54. The zero-order chi connectivity index (χ0) is 20.9. The molecule has 1 aromatic heterocycles. The van der Waals surface area contributed by atoms with Gasteiger partial charge in [0, 0.05) is 24.7 Å². The number of rotatable bonds is 6. The highest BCUT2D eigenvalue weighted by Gasteiger charge is 2.25. The van der Waals surface area contributed by atoms with E-state index in [1.807, 2.05) is 45.0 Å². The summed E-state index contributed by atoms with van der Waals surface area (Å²) in [6, 6.07) is 7.91. The molecule has 1 unspecified atom stereocenters. The topological polar surface area (TPSA) is 76.8 Å². The molecule has 0 bridgehead atoms. The molecule has 1 saturated heterocycles. The van der Waals surface area contributed by atoms with Gasteiger partial charge in [0.2, 0.25) is 5.89 Å². The van der Waals surface area contributed by atoms with E-state index in [0.717, 1.165) is 42.8 Å². The molecule has 3 rings (SSSR count). The molecule has 0 spiro atoms. The first-order valence-corrected chi connectivity index (χ1v) is 10.1. The van der Waals surface area contributed by atoms with E-state index in [2.05, 4.69) is 15.2 Å². The maximum atomic E-state index is 12.0. The van der Waals surface area contributed by atoms with E-state index >= 15 is 0 Å². The number of likely N-dealkylation sites (tertiary alicyclic amines) is 1. The first-order valence-electron chi connectivity index (χ1n) is 10.1. The molecule has 29 heavy (non-hydrogen) atoms. The second-order valence-electron chi connectivity index (χ2n) is 8.38. The van der Waals surface area contributed by atoms with Crippen molar-refractivity contribution in [3.8, 4) is 17.2 Å². The van der Waals surface area contributed by atoms with Crippen molar-refractivity contribution in [3.05, 3.63) is 36.2 Å². The van der Waals surface area contributed by atoms with Gasteiger partial charge in [0.1, 0.15) is 17.6 Å². The lowest BCUT2D eigenvalue weighted by Crippen LogP contribution is -2.47. The Morgan fingerprint density at radius 3 is 2.72 bits per heavy atom. The highest BCUT2D eigenvalue weighted by molar-refractivity contribution is 5.67. The van der Waals surface area contributed by atoms with Crippen LogP contribution >= 0.6 is 0 Å². The third-order valence-corrected chi connectivity index (χ3v) is 4.88. The van der Waals surface area contributed by atoms with Crippen molar-refractivity contribution >= 4 is 6.09 Å². The molecule has 2 heterocycles. The van der Waals surface area contributed by atoms with E-state index in [1.165, 1.54) is 0 Å². The molecule has 0 saturated carbocycles. The summed E-state index contributed by atoms with van der Waals surface area (Å²) in [5.41, 5.74) is 1.31. The molecule has 1 fully saturated rings. The Morgan fingerprint density at radius 1 is 1.28 bits per heavy atom. The van der Waals surface area contributed by atoms with Gasteiger partial charge in [-0.3, -0.25) is 4.90 Å². The molecular formula is C22H31N3O4. The van der Waals surface area contributed by atoms with Crippen LogP contribution in [0, 0.1) is 0 Å². The van der Waals surface area contributed by atoms with Crippen LogP contribution in [0.4, 0.5) is 4.79 Å². The summed E-state index contributed by atoms with van der Waals surface area (Å²) in [6.45, 7) is 7.84. The van der Waals surface area contributed by atoms with Crippen LogP contribution in [-0.2, 0) is 11.3 Å². The van der Waals surface area contributed by atoms with Gasteiger partial charge in [-0.25, -0.2) is 9.78 Å². The SMILES string of the molecule is COc1ccc(-c2nc(CN3CCCCC3CNC(=O)OC(C)(C)C)co2)cc1. The number of oxazole rings is 1. The van der Waals surface area contributed by atoms with E-state index in [4.69, 9.17) is 13.9 Å². The molecule has 1 aliphatic rings. The second-order valence-corrected chi connectivity index (χ2v) is 8.38. The zero-order valence-corrected chi connectivity index (χ0v) is 17.7. The Bertz CT molecular complexity index is 795. The summed E-state index contributed by atoms with van der Waals surface area (Å²) >= 11 is 0. The second kappa shape index (κ2) is 9.31. The third kappa shape index (κ3) is 6.22. The van der Waals surface area contributed by atoms with Crippen molar-refractivity contribution in [2.75, 3.05) is 20.2 Å². The fourth-order valence-electron chi connectivity index (χ4n) is 3.47. The number of methoxy groups -OCH3 is 1. The van der Waals surface area contributed by atoms with Crippen molar-refractivity contribution in [1.82, 2.24) is 15.2 Å². The maximum absolute atomic E-state index is 12.0. The van der Waals surface area contributed by atoms with Crippen molar-refractivity contribution < 1.29 is 18.7 Å². The smallest absolute Gasteiger partial charge is 0.407 e. The van der Waals surface area contributed by atoms with Crippen LogP contribution < -0.4 is 10.1 Å². The highest BCUT2D eigenvalue weighted by atomic mass is 16.6. The van der Waals surface area contributed by atoms with Gasteiger partial charge >= 0.3 is 6.09 Å². The monoisotopic (exact) mass is 401 g/mol. The molecule has 1 amide bonds. The number of carbonyl (C=O) groups excluding carboxylic acids is 1. The molecule has 1 atom stereocenters. The molecule has 1 aliphatic heterocycles. The third-order valence-electron chi connectivity index (χ3n) is 4.88. The van der Waals surface area contributed by atoms with Crippen molar-refractivity contribution in [2.24, 2.45) is 0 Å². The summed E-state index contributed by atoms with van der Waals surface area (Å²) in [4.78, 5) is 19.0. The average Bonchev–Trinajstić information content (AvgIpc) is 3.14. The standard InChI is InChI=1S/C22H31N3O4/c1-22(2,3)29-21(26)23-13-18-7-5-6-12-25(18)14-17-15-28-20(24-17)16-8-10-19(27-4)11-9-16/h8-11,15,18H,5-7,12-14H2,1-4H3,(H,23,26). The van der Waals surface area contributed by atoms with Crippen molar-refractivity contribution in [2.45, 2.75) is 58.2 Å². The summed E-state index contributed by atoms with van der Waals surface area (Å²) in [5, 5.41) is 2.91. The molecular weight excluding hydrogens is 370 g/mol. The van der Waals surface area contributed by atoms with Crippen LogP contribution in [0.25, 0.3) is 11.5 Å². The van der Waals surface area contributed by atoms with Gasteiger partial charge in [-0.05, 0) is 64.4 Å². The molecule has 0 aliphatic carbocycles. The Balaban J connectivity index is 1.58. The minimum absolute atomic E-state index is 0.261. The minimum Gasteiger partial charge on any atom is -0.497 e. The number of benzene rings is 1. The van der Waals surface area contributed by atoms with Gasteiger partial charge in [0.05, 0.1) is 12.8 Å². The van der Waals surface area contributed by atoms with Crippen molar-refractivity contribution in [3.63, 3.8) is 0 Å². The predicted molar refractivity (Wildman–Crippen MR) is 111 cm³/mol. The number of nitrogens with one attached hydrogen (secondary N) is 1. The first-order chi connectivity index (χ1) is 13.8. The van der Waals surface area contributed by atoms with Crippen LogP contribution in [-0.4, -0.2) is 47.8 Å². The van der Waals surface area contributed by atoms with Crippen LogP contribution in [0.1, 0.15) is 45.7 Å². The normalized spacial score (nSPS) is 17.7. The lowest BCUT2D eigenvalue weighted by Gasteiger charge is -2.35. The Labute approximate surface area is 172 Å². The van der Waals surface area contributed by atoms with Crippen LogP contribution in [0.2, 0.25) is 0 Å².